The summed E-state index contributed by atoms with van der Waals surface area (Å²) < 4.78 is 6.40. The first-order chi connectivity index (χ1) is 16.5. The van der Waals surface area contributed by atoms with Crippen LogP contribution in [0, 0.1) is 0 Å². The highest BCUT2D eigenvalue weighted by Gasteiger charge is 2.39. The van der Waals surface area contributed by atoms with Gasteiger partial charge < -0.3 is 24.9 Å². The molecule has 2 aromatic heterocycles. The number of aryl methyl sites for hydroxylation is 1. The van der Waals surface area contributed by atoms with Crippen LogP contribution >= 0.6 is 0 Å². The maximum absolute atomic E-state index is 14.0. The van der Waals surface area contributed by atoms with E-state index in [4.69, 9.17) is 9.40 Å². The number of benzene rings is 1. The zero-order valence-electron chi connectivity index (χ0n) is 19.5. The summed E-state index contributed by atoms with van der Waals surface area (Å²) in [7, 11) is 1.53. The van der Waals surface area contributed by atoms with E-state index in [1.165, 1.54) is 7.05 Å². The van der Waals surface area contributed by atoms with Crippen LogP contribution in [0.5, 0.6) is 0 Å². The summed E-state index contributed by atoms with van der Waals surface area (Å²) in [5, 5.41) is 10.6. The van der Waals surface area contributed by atoms with E-state index >= 15 is 0 Å². The molecule has 1 saturated heterocycles. The molecule has 2 aliphatic rings. The van der Waals surface area contributed by atoms with Crippen LogP contribution in [0.4, 0.5) is 23.3 Å². The Morgan fingerprint density at radius 1 is 1.15 bits per heavy atom. The minimum Gasteiger partial charge on any atom is -0.388 e. The van der Waals surface area contributed by atoms with Crippen LogP contribution in [0.2, 0.25) is 0 Å². The highest BCUT2D eigenvalue weighted by Crippen LogP contribution is 2.37. The van der Waals surface area contributed by atoms with Crippen LogP contribution < -0.4 is 26.2 Å². The Bertz CT molecular complexity index is 1280. The van der Waals surface area contributed by atoms with Crippen LogP contribution in [-0.4, -0.2) is 57.9 Å². The Balaban J connectivity index is 1.62. The molecule has 3 aromatic rings. The number of carbonyl (C=O) groups excluding carboxylic acids is 1. The summed E-state index contributed by atoms with van der Waals surface area (Å²) in [6.07, 6.45) is 2.00. The van der Waals surface area contributed by atoms with Gasteiger partial charge in [0, 0.05) is 50.5 Å². The van der Waals surface area contributed by atoms with Gasteiger partial charge in [0.05, 0.1) is 0 Å². The van der Waals surface area contributed by atoms with Crippen molar-refractivity contribution in [2.24, 2.45) is 7.05 Å². The van der Waals surface area contributed by atoms with Crippen LogP contribution in [0.25, 0.3) is 11.5 Å². The monoisotopic (exact) mass is 464 g/mol. The molecule has 11 nitrogen and oxygen atoms in total. The maximum Gasteiger partial charge on any atom is 0.437 e. The van der Waals surface area contributed by atoms with Crippen molar-refractivity contribution < 1.29 is 9.21 Å². The number of fused-ring (bicyclic) bond motifs is 3. The van der Waals surface area contributed by atoms with E-state index in [2.05, 4.69) is 25.6 Å². The van der Waals surface area contributed by atoms with E-state index in [1.54, 1.807) is 4.90 Å². The molecule has 4 heterocycles. The van der Waals surface area contributed by atoms with Gasteiger partial charge in [0.25, 0.3) is 5.91 Å². The molecule has 5 rings (SSSR count). The predicted molar refractivity (Wildman–Crippen MR) is 130 cm³/mol. The molecule has 0 radical (unpaired) electrons. The zero-order valence-corrected chi connectivity index (χ0v) is 19.5. The number of aromatic nitrogens is 4. The molecule has 11 heteroatoms. The Morgan fingerprint density at radius 2 is 1.97 bits per heavy atom. The topological polar surface area (TPSA) is 121 Å². The fraction of sp³-hybridized carbons (Fsp3) is 0.435. The Kier molecular flexibility index (Phi) is 5.68. The molecule has 2 aliphatic heterocycles. The number of hydrogen-bond donors (Lipinski definition) is 2. The van der Waals surface area contributed by atoms with E-state index in [0.717, 1.165) is 24.1 Å². The van der Waals surface area contributed by atoms with Crippen LogP contribution in [-0.2, 0) is 7.05 Å². The molecule has 1 atom stereocenters. The quantitative estimate of drug-likeness (QED) is 0.566. The first-order valence-corrected chi connectivity index (χ1v) is 11.6. The minimum absolute atomic E-state index is 0.139. The van der Waals surface area contributed by atoms with Crippen molar-refractivity contribution in [3.63, 3.8) is 0 Å². The van der Waals surface area contributed by atoms with E-state index < -0.39 is 5.76 Å². The summed E-state index contributed by atoms with van der Waals surface area (Å²) in [5.41, 5.74) is 1.80. The summed E-state index contributed by atoms with van der Waals surface area (Å²) in [5.74, 6) is 1.22. The number of carbonyl (C=O) groups is 1. The summed E-state index contributed by atoms with van der Waals surface area (Å²) in [6.45, 7) is 6.64. The van der Waals surface area contributed by atoms with Crippen molar-refractivity contribution in [2.45, 2.75) is 32.7 Å². The second-order valence-electron chi connectivity index (χ2n) is 8.41. The van der Waals surface area contributed by atoms with Gasteiger partial charge in [-0.15, -0.1) is 5.10 Å². The number of rotatable bonds is 6. The fourth-order valence-electron chi connectivity index (χ4n) is 4.61. The van der Waals surface area contributed by atoms with Crippen molar-refractivity contribution in [2.75, 3.05) is 46.6 Å². The van der Waals surface area contributed by atoms with Gasteiger partial charge in [-0.1, -0.05) is 6.07 Å². The lowest BCUT2D eigenvalue weighted by Crippen LogP contribution is -2.39. The lowest BCUT2D eigenvalue weighted by Gasteiger charge is -2.27. The Hall–Kier alpha value is -3.89. The van der Waals surface area contributed by atoms with Gasteiger partial charge in [0.2, 0.25) is 11.8 Å². The molecule has 0 spiro atoms. The molecular weight excluding hydrogens is 436 g/mol. The molecule has 34 heavy (non-hydrogen) atoms. The summed E-state index contributed by atoms with van der Waals surface area (Å²) >= 11 is 0. The molecule has 0 aliphatic carbocycles. The normalized spacial score (nSPS) is 17.4. The molecule has 2 N–H and O–H groups in total. The van der Waals surface area contributed by atoms with E-state index in [9.17, 15) is 9.59 Å². The molecule has 0 unspecified atom stereocenters. The first kappa shape index (κ1) is 21.9. The number of nitrogens with zero attached hydrogens (tertiary/aromatic N) is 6. The summed E-state index contributed by atoms with van der Waals surface area (Å²) in [4.78, 5) is 39.1. The highest BCUT2D eigenvalue weighted by atomic mass is 16.4. The van der Waals surface area contributed by atoms with E-state index in [0.29, 0.717) is 54.0 Å². The molecule has 0 bridgehead atoms. The molecular formula is C23H28N8O3. The highest BCUT2D eigenvalue weighted by molar-refractivity contribution is 6.13. The van der Waals surface area contributed by atoms with Gasteiger partial charge in [-0.05, 0) is 44.9 Å². The van der Waals surface area contributed by atoms with Crippen molar-refractivity contribution in [3.05, 3.63) is 40.4 Å². The van der Waals surface area contributed by atoms with Gasteiger partial charge in [0.15, 0.2) is 0 Å². The number of amides is 1. The SMILES string of the molecule is CCNc1nc(NCC)c2c(n1)N1CCC[C@H]1CN(c1cccc(-c3nn(C)c(=O)o3)c1)C2=O. The lowest BCUT2D eigenvalue weighted by molar-refractivity contribution is 0.0989. The third-order valence-electron chi connectivity index (χ3n) is 6.16. The van der Waals surface area contributed by atoms with E-state index in [1.807, 2.05) is 38.1 Å². The van der Waals surface area contributed by atoms with Gasteiger partial charge >= 0.3 is 5.76 Å². The third-order valence-corrected chi connectivity index (χ3v) is 6.16. The molecule has 1 fully saturated rings. The zero-order chi connectivity index (χ0) is 23.8. The summed E-state index contributed by atoms with van der Waals surface area (Å²) in [6, 6.07) is 7.49. The average Bonchev–Trinajstić information content (AvgIpc) is 3.40. The standard InChI is InChI=1S/C23H28N8O3/c1-4-24-18-17-19(27-22(26-18)25-5-2)30-11-7-10-16(30)13-31(21(17)32)15-9-6-8-14(12-15)20-28-29(3)23(33)34-20/h6,8-9,12,16H,4-5,7,10-11,13H2,1-3H3,(H2,24,25,26,27)/t16-/m0/s1. The molecule has 0 saturated carbocycles. The third kappa shape index (κ3) is 3.76. The second-order valence-corrected chi connectivity index (χ2v) is 8.41. The molecule has 178 valence electrons. The number of anilines is 4. The van der Waals surface area contributed by atoms with Gasteiger partial charge in [0.1, 0.15) is 17.2 Å². The lowest BCUT2D eigenvalue weighted by atomic mass is 10.1. The minimum atomic E-state index is -0.536. The van der Waals surface area contributed by atoms with Crippen molar-refractivity contribution >= 4 is 29.2 Å². The molecule has 1 aromatic carbocycles. The van der Waals surface area contributed by atoms with E-state index in [-0.39, 0.29) is 17.8 Å². The van der Waals surface area contributed by atoms with Gasteiger partial charge in [-0.25, -0.2) is 4.79 Å². The Labute approximate surface area is 196 Å². The van der Waals surface area contributed by atoms with Crippen LogP contribution in [0.1, 0.15) is 37.0 Å². The van der Waals surface area contributed by atoms with Crippen molar-refractivity contribution in [1.82, 2.24) is 19.7 Å². The van der Waals surface area contributed by atoms with Gasteiger partial charge in [-0.2, -0.15) is 14.6 Å². The average molecular weight is 465 g/mol. The Morgan fingerprint density at radius 3 is 2.71 bits per heavy atom. The predicted octanol–water partition coefficient (Wildman–Crippen LogP) is 2.32. The van der Waals surface area contributed by atoms with Gasteiger partial charge in [-0.3, -0.25) is 4.79 Å². The number of nitrogens with one attached hydrogen (secondary N) is 2. The van der Waals surface area contributed by atoms with Crippen molar-refractivity contribution in [1.29, 1.82) is 0 Å². The van der Waals surface area contributed by atoms with Crippen LogP contribution in [0.3, 0.4) is 0 Å². The smallest absolute Gasteiger partial charge is 0.388 e. The maximum atomic E-state index is 14.0. The van der Waals surface area contributed by atoms with Crippen LogP contribution in [0.15, 0.2) is 33.5 Å². The largest absolute Gasteiger partial charge is 0.437 e. The second kappa shape index (κ2) is 8.81. The number of hydrogen-bond acceptors (Lipinski definition) is 9. The molecule has 1 amide bonds. The first-order valence-electron chi connectivity index (χ1n) is 11.6. The van der Waals surface area contributed by atoms with Crippen molar-refractivity contribution in [3.8, 4) is 11.5 Å². The fourth-order valence-corrected chi connectivity index (χ4v) is 4.61.